The van der Waals surface area contributed by atoms with Crippen molar-refractivity contribution in [2.45, 2.75) is 19.4 Å². The zero-order chi connectivity index (χ0) is 22.4. The maximum atomic E-state index is 15.3. The van der Waals surface area contributed by atoms with Gasteiger partial charge in [-0.15, -0.1) is 11.3 Å². The molecule has 8 nitrogen and oxygen atoms in total. The van der Waals surface area contributed by atoms with Crippen molar-refractivity contribution in [3.63, 3.8) is 0 Å². The Labute approximate surface area is 187 Å². The lowest BCUT2D eigenvalue weighted by molar-refractivity contribution is 0.0524. The number of nitrogens with two attached hydrogens (primary N) is 1. The smallest absolute Gasteiger partial charge is 0.343 e. The number of fused-ring (bicyclic) bond motifs is 2. The normalized spacial score (nSPS) is 22.3. The molecule has 3 atom stereocenters. The summed E-state index contributed by atoms with van der Waals surface area (Å²) in [7, 11) is 0. The van der Waals surface area contributed by atoms with Gasteiger partial charge < -0.3 is 15.4 Å². The molecule has 1 aliphatic heterocycles. The molecule has 0 unspecified atom stereocenters. The van der Waals surface area contributed by atoms with Crippen LogP contribution in [-0.2, 0) is 4.74 Å². The molecular weight excluding hydrogens is 433 g/mol. The summed E-state index contributed by atoms with van der Waals surface area (Å²) in [4.78, 5) is 36.1. The third-order valence-electron chi connectivity index (χ3n) is 6.12. The lowest BCUT2D eigenvalue weighted by atomic mass is 9.83. The van der Waals surface area contributed by atoms with E-state index in [4.69, 9.17) is 10.5 Å². The molecule has 0 aromatic carbocycles. The summed E-state index contributed by atoms with van der Waals surface area (Å²) >= 11 is 1.31. The molecule has 166 valence electrons. The Morgan fingerprint density at radius 1 is 1.41 bits per heavy atom. The van der Waals surface area contributed by atoms with E-state index in [2.05, 4.69) is 16.0 Å². The van der Waals surface area contributed by atoms with E-state index in [0.717, 1.165) is 12.5 Å². The van der Waals surface area contributed by atoms with E-state index < -0.39 is 17.2 Å². The van der Waals surface area contributed by atoms with Crippen LogP contribution in [0.1, 0.15) is 23.7 Å². The second-order valence-electron chi connectivity index (χ2n) is 8.01. The first-order valence-electron chi connectivity index (χ1n) is 10.5. The molecule has 2 aliphatic rings. The molecule has 1 saturated heterocycles. The molecule has 0 amide bonds. The Bertz CT molecular complexity index is 1270. The van der Waals surface area contributed by atoms with Gasteiger partial charge in [0.1, 0.15) is 5.56 Å². The molecule has 0 saturated carbocycles. The van der Waals surface area contributed by atoms with E-state index in [1.54, 1.807) is 23.1 Å². The fourth-order valence-electron chi connectivity index (χ4n) is 4.58. The number of allylic oxidation sites excluding steroid dienone is 1. The van der Waals surface area contributed by atoms with E-state index in [-0.39, 0.29) is 41.0 Å². The summed E-state index contributed by atoms with van der Waals surface area (Å²) in [5.41, 5.74) is 5.68. The predicted octanol–water partition coefficient (Wildman–Crippen LogP) is 2.50. The molecule has 3 aromatic heterocycles. The van der Waals surface area contributed by atoms with Crippen LogP contribution in [0.25, 0.3) is 16.2 Å². The minimum absolute atomic E-state index is 0.00184. The first kappa shape index (κ1) is 20.8. The number of rotatable bonds is 4. The fraction of sp³-hybridized carbons (Fsp3) is 0.364. The first-order valence-corrected chi connectivity index (χ1v) is 11.4. The van der Waals surface area contributed by atoms with Crippen LogP contribution in [0.3, 0.4) is 0 Å². The second-order valence-corrected chi connectivity index (χ2v) is 8.89. The van der Waals surface area contributed by atoms with Crippen molar-refractivity contribution in [3.8, 4) is 5.13 Å². The molecule has 0 radical (unpaired) electrons. The molecular formula is C22H22FN5O3S. The van der Waals surface area contributed by atoms with E-state index in [1.807, 2.05) is 11.0 Å². The van der Waals surface area contributed by atoms with Crippen LogP contribution in [-0.4, -0.2) is 46.2 Å². The number of aromatic nitrogens is 3. The van der Waals surface area contributed by atoms with Gasteiger partial charge in [0.25, 0.3) is 0 Å². The molecule has 4 heterocycles. The van der Waals surface area contributed by atoms with Crippen LogP contribution in [0.4, 0.5) is 10.2 Å². The van der Waals surface area contributed by atoms with Gasteiger partial charge in [-0.3, -0.25) is 9.36 Å². The van der Waals surface area contributed by atoms with Gasteiger partial charge in [-0.2, -0.15) is 0 Å². The van der Waals surface area contributed by atoms with Crippen molar-refractivity contribution in [1.82, 2.24) is 14.5 Å². The maximum absolute atomic E-state index is 15.3. The van der Waals surface area contributed by atoms with Crippen molar-refractivity contribution < 1.29 is 13.9 Å². The van der Waals surface area contributed by atoms with Crippen molar-refractivity contribution in [3.05, 3.63) is 57.6 Å². The maximum Gasteiger partial charge on any atom is 0.343 e. The number of nitrogens with zero attached hydrogens (tertiary/aromatic N) is 4. The molecule has 0 bridgehead atoms. The van der Waals surface area contributed by atoms with Crippen LogP contribution in [0.5, 0.6) is 0 Å². The van der Waals surface area contributed by atoms with Gasteiger partial charge in [-0.25, -0.2) is 19.2 Å². The van der Waals surface area contributed by atoms with Gasteiger partial charge in [0.2, 0.25) is 5.43 Å². The minimum atomic E-state index is -0.765. The Morgan fingerprint density at radius 2 is 2.25 bits per heavy atom. The number of hydrogen-bond acceptors (Lipinski definition) is 8. The molecule has 5 rings (SSSR count). The number of ether oxygens (including phenoxy) is 1. The summed E-state index contributed by atoms with van der Waals surface area (Å²) in [5, 5.41) is 2.28. The number of carbonyl (C=O) groups is 1. The van der Waals surface area contributed by atoms with Gasteiger partial charge in [0.05, 0.1) is 12.0 Å². The van der Waals surface area contributed by atoms with E-state index in [0.29, 0.717) is 24.1 Å². The second kappa shape index (κ2) is 8.10. The third kappa shape index (κ3) is 3.39. The van der Waals surface area contributed by atoms with Crippen LogP contribution < -0.4 is 16.1 Å². The lowest BCUT2D eigenvalue weighted by Gasteiger charge is -2.25. The SMILES string of the molecule is CCOC(=O)c1cn(-c2nccs2)c2nc(N3C[C@@H]4CC=C[C@H](N)[C@@H]4C3)c(F)cc2c1=O. The van der Waals surface area contributed by atoms with Gasteiger partial charge in [0.15, 0.2) is 22.4 Å². The van der Waals surface area contributed by atoms with Gasteiger partial charge in [0, 0.05) is 36.9 Å². The molecule has 0 spiro atoms. The highest BCUT2D eigenvalue weighted by Crippen LogP contribution is 2.36. The first-order chi connectivity index (χ1) is 15.5. The highest BCUT2D eigenvalue weighted by atomic mass is 32.1. The van der Waals surface area contributed by atoms with E-state index in [1.165, 1.54) is 17.5 Å². The van der Waals surface area contributed by atoms with Crippen LogP contribution >= 0.6 is 11.3 Å². The van der Waals surface area contributed by atoms with Gasteiger partial charge in [-0.1, -0.05) is 12.2 Å². The molecule has 10 heteroatoms. The minimum Gasteiger partial charge on any atom is -0.462 e. The number of esters is 1. The summed E-state index contributed by atoms with van der Waals surface area (Å²) in [6, 6.07) is 1.09. The van der Waals surface area contributed by atoms with E-state index >= 15 is 4.39 Å². The van der Waals surface area contributed by atoms with Crippen molar-refractivity contribution >= 4 is 34.2 Å². The molecule has 2 N–H and O–H groups in total. The number of halogens is 1. The lowest BCUT2D eigenvalue weighted by Crippen LogP contribution is -2.35. The quantitative estimate of drug-likeness (QED) is 0.476. The summed E-state index contributed by atoms with van der Waals surface area (Å²) in [6.07, 6.45) is 7.97. The molecule has 1 aliphatic carbocycles. The Kier molecular flexibility index (Phi) is 5.26. The number of pyridine rings is 2. The zero-order valence-corrected chi connectivity index (χ0v) is 18.2. The van der Waals surface area contributed by atoms with Crippen molar-refractivity contribution in [2.24, 2.45) is 17.6 Å². The predicted molar refractivity (Wildman–Crippen MR) is 120 cm³/mol. The molecule has 3 aromatic rings. The fourth-order valence-corrected chi connectivity index (χ4v) is 5.20. The van der Waals surface area contributed by atoms with Crippen molar-refractivity contribution in [1.29, 1.82) is 0 Å². The van der Waals surface area contributed by atoms with Crippen molar-refractivity contribution in [2.75, 3.05) is 24.6 Å². The Hall–Kier alpha value is -3.11. The van der Waals surface area contributed by atoms with Crippen LogP contribution in [0.15, 0.2) is 40.8 Å². The average Bonchev–Trinajstić information content (AvgIpc) is 3.45. The summed E-state index contributed by atoms with van der Waals surface area (Å²) in [5.74, 6) is -0.642. The highest BCUT2D eigenvalue weighted by Gasteiger charge is 2.38. The molecule has 32 heavy (non-hydrogen) atoms. The largest absolute Gasteiger partial charge is 0.462 e. The van der Waals surface area contributed by atoms with Gasteiger partial charge >= 0.3 is 5.97 Å². The number of hydrogen-bond donors (Lipinski definition) is 1. The Morgan fingerprint density at radius 3 is 2.97 bits per heavy atom. The summed E-state index contributed by atoms with van der Waals surface area (Å²) < 4.78 is 21.8. The number of thiazole rings is 1. The third-order valence-corrected chi connectivity index (χ3v) is 6.89. The van der Waals surface area contributed by atoms with E-state index in [9.17, 15) is 9.59 Å². The zero-order valence-electron chi connectivity index (χ0n) is 17.4. The van der Waals surface area contributed by atoms with Crippen LogP contribution in [0, 0.1) is 17.7 Å². The monoisotopic (exact) mass is 455 g/mol. The topological polar surface area (TPSA) is 103 Å². The standard InChI is InChI=1S/C22H22FN5O3S/c1-2-31-21(30)15-11-28(22-25-6-7-32-22)19-13(18(15)29)8-16(23)20(26-19)27-9-12-4-3-5-17(24)14(12)10-27/h3,5-8,11-12,14,17H,2,4,9-10,24H2,1H3/t12-,14+,17-/m0/s1. The highest BCUT2D eigenvalue weighted by molar-refractivity contribution is 7.12. The van der Waals surface area contributed by atoms with Gasteiger partial charge in [-0.05, 0) is 31.2 Å². The van der Waals surface area contributed by atoms with Crippen LogP contribution in [0.2, 0.25) is 0 Å². The molecule has 1 fully saturated rings. The number of carbonyl (C=O) groups excluding carboxylic acids is 1. The average molecular weight is 456 g/mol. The summed E-state index contributed by atoms with van der Waals surface area (Å²) in [6.45, 7) is 3.00. The number of anilines is 1. The Balaban J connectivity index is 1.66.